The molecule has 1 aliphatic rings. The molecule has 0 spiro atoms. The molecule has 1 nitrogen and oxygen atoms in total. The quantitative estimate of drug-likeness (QED) is 0.809. The fourth-order valence-corrected chi connectivity index (χ4v) is 2.91. The molecule has 1 aromatic rings. The van der Waals surface area contributed by atoms with E-state index in [9.17, 15) is 0 Å². The summed E-state index contributed by atoms with van der Waals surface area (Å²) in [4.78, 5) is 0. The van der Waals surface area contributed by atoms with Gasteiger partial charge in [0.15, 0.2) is 0 Å². The third kappa shape index (κ3) is 4.11. The van der Waals surface area contributed by atoms with Crippen molar-refractivity contribution in [3.63, 3.8) is 0 Å². The number of hydrogen-bond donors (Lipinski definition) is 1. The second-order valence-corrected chi connectivity index (χ2v) is 6.14. The Hall–Kier alpha value is -0.340. The molecule has 1 aliphatic carbocycles. The molecule has 2 unspecified atom stereocenters. The van der Waals surface area contributed by atoms with Gasteiger partial charge in [0.1, 0.15) is 0 Å². The van der Waals surface area contributed by atoms with Gasteiger partial charge in [0.05, 0.1) is 0 Å². The molecule has 1 saturated carbocycles. The van der Waals surface area contributed by atoms with Gasteiger partial charge in [-0.1, -0.05) is 54.2 Å². The predicted molar refractivity (Wildman–Crippen MR) is 77.0 cm³/mol. The van der Waals surface area contributed by atoms with E-state index >= 15 is 0 Å². The minimum absolute atomic E-state index is 0.709. The zero-order valence-corrected chi connectivity index (χ0v) is 12.2. The summed E-state index contributed by atoms with van der Waals surface area (Å²) in [6.07, 6.45) is 6.95. The molecule has 2 heteroatoms. The van der Waals surface area contributed by atoms with Gasteiger partial charge in [-0.3, -0.25) is 0 Å². The van der Waals surface area contributed by atoms with Crippen LogP contribution in [0.5, 0.6) is 0 Å². The molecule has 94 valence electrons. The maximum Gasteiger partial charge on any atom is 0.0208 e. The molecule has 1 aromatic carbocycles. The molecule has 1 fully saturated rings. The SMILES string of the molecule is CC1CCCCCC1NCc1ccc(Br)cc1. The van der Waals surface area contributed by atoms with Gasteiger partial charge in [-0.15, -0.1) is 0 Å². The molecule has 1 N–H and O–H groups in total. The van der Waals surface area contributed by atoms with E-state index in [-0.39, 0.29) is 0 Å². The first kappa shape index (κ1) is 13.1. The Labute approximate surface area is 113 Å². The molecule has 0 aliphatic heterocycles. The molecular formula is C15H22BrN. The summed E-state index contributed by atoms with van der Waals surface area (Å²) in [6, 6.07) is 9.33. The highest BCUT2D eigenvalue weighted by Crippen LogP contribution is 2.23. The van der Waals surface area contributed by atoms with E-state index in [2.05, 4.69) is 52.4 Å². The maximum atomic E-state index is 3.73. The summed E-state index contributed by atoms with van der Waals surface area (Å²) < 4.78 is 1.16. The molecule has 0 aromatic heterocycles. The lowest BCUT2D eigenvalue weighted by atomic mass is 9.97. The second kappa shape index (κ2) is 6.55. The van der Waals surface area contributed by atoms with Gasteiger partial charge < -0.3 is 5.32 Å². The van der Waals surface area contributed by atoms with Gasteiger partial charge in [-0.05, 0) is 36.5 Å². The van der Waals surface area contributed by atoms with Crippen LogP contribution in [-0.4, -0.2) is 6.04 Å². The minimum atomic E-state index is 0.709. The molecule has 0 saturated heterocycles. The van der Waals surface area contributed by atoms with E-state index in [0.717, 1.165) is 16.9 Å². The molecule has 0 heterocycles. The molecule has 0 amide bonds. The van der Waals surface area contributed by atoms with Crippen LogP contribution in [0.1, 0.15) is 44.6 Å². The summed E-state index contributed by atoms with van der Waals surface area (Å²) in [5.41, 5.74) is 1.38. The number of benzene rings is 1. The second-order valence-electron chi connectivity index (χ2n) is 5.23. The number of nitrogens with one attached hydrogen (secondary N) is 1. The topological polar surface area (TPSA) is 12.0 Å². The summed E-state index contributed by atoms with van der Waals surface area (Å²) >= 11 is 3.47. The fraction of sp³-hybridized carbons (Fsp3) is 0.600. The lowest BCUT2D eigenvalue weighted by Gasteiger charge is -2.23. The molecule has 2 rings (SSSR count). The highest BCUT2D eigenvalue weighted by Gasteiger charge is 2.18. The van der Waals surface area contributed by atoms with Crippen LogP contribution in [0.2, 0.25) is 0 Å². The van der Waals surface area contributed by atoms with E-state index in [1.807, 2.05) is 0 Å². The molecule has 0 radical (unpaired) electrons. The summed E-state index contributed by atoms with van der Waals surface area (Å²) in [5, 5.41) is 3.73. The zero-order chi connectivity index (χ0) is 12.1. The highest BCUT2D eigenvalue weighted by atomic mass is 79.9. The molecular weight excluding hydrogens is 274 g/mol. The van der Waals surface area contributed by atoms with Crippen LogP contribution in [0.15, 0.2) is 28.7 Å². The Balaban J connectivity index is 1.85. The van der Waals surface area contributed by atoms with Crippen molar-refractivity contribution < 1.29 is 0 Å². The third-order valence-corrected chi connectivity index (χ3v) is 4.37. The van der Waals surface area contributed by atoms with Gasteiger partial charge in [0.2, 0.25) is 0 Å². The fourth-order valence-electron chi connectivity index (χ4n) is 2.65. The first-order valence-electron chi connectivity index (χ1n) is 6.73. The average molecular weight is 296 g/mol. The Morgan fingerprint density at radius 3 is 2.59 bits per heavy atom. The Morgan fingerprint density at radius 1 is 1.12 bits per heavy atom. The van der Waals surface area contributed by atoms with Crippen LogP contribution < -0.4 is 5.32 Å². The third-order valence-electron chi connectivity index (χ3n) is 3.84. The Kier molecular flexibility index (Phi) is 5.05. The van der Waals surface area contributed by atoms with Crippen molar-refractivity contribution >= 4 is 15.9 Å². The maximum absolute atomic E-state index is 3.73. The van der Waals surface area contributed by atoms with Gasteiger partial charge >= 0.3 is 0 Å². The van der Waals surface area contributed by atoms with Gasteiger partial charge in [-0.25, -0.2) is 0 Å². The molecule has 17 heavy (non-hydrogen) atoms. The van der Waals surface area contributed by atoms with Crippen LogP contribution in [0.4, 0.5) is 0 Å². The van der Waals surface area contributed by atoms with E-state index in [1.54, 1.807) is 0 Å². The number of hydrogen-bond acceptors (Lipinski definition) is 1. The van der Waals surface area contributed by atoms with Crippen molar-refractivity contribution in [3.05, 3.63) is 34.3 Å². The van der Waals surface area contributed by atoms with Crippen molar-refractivity contribution in [1.82, 2.24) is 5.32 Å². The Morgan fingerprint density at radius 2 is 1.82 bits per heavy atom. The monoisotopic (exact) mass is 295 g/mol. The normalized spacial score (nSPS) is 25.5. The highest BCUT2D eigenvalue weighted by molar-refractivity contribution is 9.10. The van der Waals surface area contributed by atoms with Crippen molar-refractivity contribution in [2.75, 3.05) is 0 Å². The van der Waals surface area contributed by atoms with Crippen LogP contribution >= 0.6 is 15.9 Å². The summed E-state index contributed by atoms with van der Waals surface area (Å²) in [5.74, 6) is 0.827. The van der Waals surface area contributed by atoms with E-state index in [1.165, 1.54) is 37.7 Å². The largest absolute Gasteiger partial charge is 0.310 e. The van der Waals surface area contributed by atoms with Crippen LogP contribution in [0, 0.1) is 5.92 Å². The van der Waals surface area contributed by atoms with Crippen LogP contribution in [-0.2, 0) is 6.54 Å². The van der Waals surface area contributed by atoms with Crippen LogP contribution in [0.25, 0.3) is 0 Å². The van der Waals surface area contributed by atoms with Crippen molar-refractivity contribution in [2.24, 2.45) is 5.92 Å². The van der Waals surface area contributed by atoms with Crippen LogP contribution in [0.3, 0.4) is 0 Å². The van der Waals surface area contributed by atoms with E-state index in [4.69, 9.17) is 0 Å². The lowest BCUT2D eigenvalue weighted by Crippen LogP contribution is -2.33. The summed E-state index contributed by atoms with van der Waals surface area (Å²) in [6.45, 7) is 3.40. The smallest absolute Gasteiger partial charge is 0.0208 e. The van der Waals surface area contributed by atoms with Crippen molar-refractivity contribution in [2.45, 2.75) is 51.6 Å². The zero-order valence-electron chi connectivity index (χ0n) is 10.6. The van der Waals surface area contributed by atoms with Crippen molar-refractivity contribution in [3.8, 4) is 0 Å². The molecule has 2 atom stereocenters. The standard InChI is InChI=1S/C15H22BrN/c1-12-5-3-2-4-6-15(12)17-11-13-7-9-14(16)10-8-13/h7-10,12,15,17H,2-6,11H2,1H3. The summed E-state index contributed by atoms with van der Waals surface area (Å²) in [7, 11) is 0. The first-order valence-corrected chi connectivity index (χ1v) is 7.53. The number of rotatable bonds is 3. The molecule has 0 bridgehead atoms. The Bertz CT molecular complexity index is 333. The minimum Gasteiger partial charge on any atom is -0.310 e. The predicted octanol–water partition coefficient (Wildman–Crippen LogP) is 4.51. The average Bonchev–Trinajstić information content (AvgIpc) is 2.54. The van der Waals surface area contributed by atoms with E-state index < -0.39 is 0 Å². The van der Waals surface area contributed by atoms with E-state index in [0.29, 0.717) is 6.04 Å². The number of halogens is 1. The lowest BCUT2D eigenvalue weighted by molar-refractivity contribution is 0.356. The first-order chi connectivity index (χ1) is 8.25. The van der Waals surface area contributed by atoms with Gasteiger partial charge in [0.25, 0.3) is 0 Å². The van der Waals surface area contributed by atoms with Crippen molar-refractivity contribution in [1.29, 1.82) is 0 Å². The van der Waals surface area contributed by atoms with Gasteiger partial charge in [-0.2, -0.15) is 0 Å². The van der Waals surface area contributed by atoms with Gasteiger partial charge in [0, 0.05) is 17.1 Å².